The van der Waals surface area contributed by atoms with Gasteiger partial charge in [0, 0.05) is 17.5 Å². The van der Waals surface area contributed by atoms with E-state index in [-0.39, 0.29) is 28.6 Å². The molecule has 154 valence electrons. The number of ether oxygens (including phenoxy) is 2. The number of amides is 2. The van der Waals surface area contributed by atoms with Gasteiger partial charge in [0.15, 0.2) is 17.2 Å². The SMILES string of the molecule is CCCn1nc(C(=O)NNC(=O)c2cc(Cl)c3c(c2)OCO3)c2ccccc2c1=O. The highest BCUT2D eigenvalue weighted by Gasteiger charge is 2.22. The van der Waals surface area contributed by atoms with E-state index < -0.39 is 11.8 Å². The molecule has 2 N–H and O–H groups in total. The number of halogens is 1. The van der Waals surface area contributed by atoms with Crippen LogP contribution in [0.4, 0.5) is 0 Å². The van der Waals surface area contributed by atoms with Gasteiger partial charge in [0.05, 0.1) is 10.4 Å². The Morgan fingerprint density at radius 2 is 1.87 bits per heavy atom. The maximum atomic E-state index is 12.7. The van der Waals surface area contributed by atoms with E-state index in [4.69, 9.17) is 21.1 Å². The van der Waals surface area contributed by atoms with E-state index in [1.807, 2.05) is 6.92 Å². The Hall–Kier alpha value is -3.59. The van der Waals surface area contributed by atoms with Crippen molar-refractivity contribution < 1.29 is 19.1 Å². The van der Waals surface area contributed by atoms with Crippen molar-refractivity contribution >= 4 is 34.2 Å². The molecule has 10 heteroatoms. The third-order valence-corrected chi connectivity index (χ3v) is 4.78. The van der Waals surface area contributed by atoms with E-state index in [9.17, 15) is 14.4 Å². The number of hydrogen-bond donors (Lipinski definition) is 2. The maximum absolute atomic E-state index is 12.7. The Kier molecular flexibility index (Phi) is 5.28. The number of nitrogens with zero attached hydrogens (tertiary/aromatic N) is 2. The molecule has 0 unspecified atom stereocenters. The Bertz CT molecular complexity index is 1220. The van der Waals surface area contributed by atoms with Crippen LogP contribution in [0, 0.1) is 0 Å². The molecule has 0 fully saturated rings. The number of benzene rings is 2. The molecule has 30 heavy (non-hydrogen) atoms. The van der Waals surface area contributed by atoms with Gasteiger partial charge in [0.2, 0.25) is 6.79 Å². The van der Waals surface area contributed by atoms with Gasteiger partial charge in [0.25, 0.3) is 17.4 Å². The molecule has 2 amide bonds. The average molecular weight is 429 g/mol. The van der Waals surface area contributed by atoms with Gasteiger partial charge in [-0.1, -0.05) is 36.7 Å². The summed E-state index contributed by atoms with van der Waals surface area (Å²) < 4.78 is 11.7. The second kappa shape index (κ2) is 8.03. The monoisotopic (exact) mass is 428 g/mol. The van der Waals surface area contributed by atoms with Crippen molar-refractivity contribution in [3.8, 4) is 11.5 Å². The topological polar surface area (TPSA) is 112 Å². The van der Waals surface area contributed by atoms with Crippen molar-refractivity contribution in [1.82, 2.24) is 20.6 Å². The molecule has 1 aliphatic heterocycles. The minimum atomic E-state index is -0.656. The summed E-state index contributed by atoms with van der Waals surface area (Å²) in [6, 6.07) is 9.56. The van der Waals surface area contributed by atoms with E-state index in [2.05, 4.69) is 16.0 Å². The first-order valence-electron chi connectivity index (χ1n) is 9.19. The Morgan fingerprint density at radius 1 is 1.13 bits per heavy atom. The van der Waals surface area contributed by atoms with Crippen molar-refractivity contribution in [2.24, 2.45) is 0 Å². The molecule has 0 saturated carbocycles. The summed E-state index contributed by atoms with van der Waals surface area (Å²) in [7, 11) is 0. The average Bonchev–Trinajstić information content (AvgIpc) is 3.23. The van der Waals surface area contributed by atoms with Crippen LogP contribution in [0.15, 0.2) is 41.2 Å². The lowest BCUT2D eigenvalue weighted by Gasteiger charge is -2.12. The van der Waals surface area contributed by atoms with E-state index >= 15 is 0 Å². The molecule has 9 nitrogen and oxygen atoms in total. The highest BCUT2D eigenvalue weighted by Crippen LogP contribution is 2.39. The predicted octanol–water partition coefficient (Wildman–Crippen LogP) is 2.26. The number of aromatic nitrogens is 2. The van der Waals surface area contributed by atoms with E-state index in [0.717, 1.165) is 0 Å². The van der Waals surface area contributed by atoms with Crippen LogP contribution in [0.25, 0.3) is 10.8 Å². The van der Waals surface area contributed by atoms with Crippen molar-refractivity contribution in [1.29, 1.82) is 0 Å². The molecule has 0 atom stereocenters. The summed E-state index contributed by atoms with van der Waals surface area (Å²) in [6.45, 7) is 2.29. The molecule has 2 heterocycles. The summed E-state index contributed by atoms with van der Waals surface area (Å²) in [6.07, 6.45) is 0.675. The molecular formula is C20H17ClN4O5. The summed E-state index contributed by atoms with van der Waals surface area (Å²) in [5, 5.41) is 5.18. The second-order valence-electron chi connectivity index (χ2n) is 6.52. The van der Waals surface area contributed by atoms with Gasteiger partial charge in [-0.05, 0) is 24.6 Å². The first kappa shape index (κ1) is 19.7. The van der Waals surface area contributed by atoms with Crippen molar-refractivity contribution in [2.45, 2.75) is 19.9 Å². The quantitative estimate of drug-likeness (QED) is 0.616. The zero-order chi connectivity index (χ0) is 21.3. The number of fused-ring (bicyclic) bond motifs is 2. The molecule has 0 saturated heterocycles. The maximum Gasteiger partial charge on any atom is 0.290 e. The largest absolute Gasteiger partial charge is 0.454 e. The fraction of sp³-hybridized carbons (Fsp3) is 0.200. The molecule has 2 aromatic carbocycles. The van der Waals surface area contributed by atoms with Crippen LogP contribution in [0.5, 0.6) is 11.5 Å². The third-order valence-electron chi connectivity index (χ3n) is 4.50. The van der Waals surface area contributed by atoms with Crippen LogP contribution in [-0.2, 0) is 6.54 Å². The molecule has 0 spiro atoms. The Morgan fingerprint density at radius 3 is 2.63 bits per heavy atom. The Labute approximate surface area is 175 Å². The van der Waals surface area contributed by atoms with E-state index in [0.29, 0.717) is 35.2 Å². The predicted molar refractivity (Wildman–Crippen MR) is 109 cm³/mol. The fourth-order valence-electron chi connectivity index (χ4n) is 3.11. The lowest BCUT2D eigenvalue weighted by molar-refractivity contribution is 0.0843. The van der Waals surface area contributed by atoms with Crippen LogP contribution in [0.1, 0.15) is 34.2 Å². The van der Waals surface area contributed by atoms with Gasteiger partial charge in [0.1, 0.15) is 0 Å². The van der Waals surface area contributed by atoms with Gasteiger partial charge in [-0.25, -0.2) is 4.68 Å². The van der Waals surface area contributed by atoms with Crippen molar-refractivity contribution in [2.75, 3.05) is 6.79 Å². The minimum absolute atomic E-state index is 0.0169. The molecule has 0 radical (unpaired) electrons. The minimum Gasteiger partial charge on any atom is -0.454 e. The molecule has 0 aliphatic carbocycles. The standard InChI is InChI=1S/C20H17ClN4O5/c1-2-7-25-20(28)13-6-4-3-5-12(13)16(24-25)19(27)23-22-18(26)11-8-14(21)17-15(9-11)29-10-30-17/h3-6,8-9H,2,7,10H2,1H3,(H,22,26)(H,23,27). The lowest BCUT2D eigenvalue weighted by Crippen LogP contribution is -2.42. The summed E-state index contributed by atoms with van der Waals surface area (Å²) in [4.78, 5) is 37.7. The third kappa shape index (κ3) is 3.55. The molecule has 1 aliphatic rings. The normalized spacial score (nSPS) is 12.1. The van der Waals surface area contributed by atoms with Crippen molar-refractivity contribution in [3.63, 3.8) is 0 Å². The number of rotatable bonds is 4. The summed E-state index contributed by atoms with van der Waals surface area (Å²) in [5.41, 5.74) is 4.59. The van der Waals surface area contributed by atoms with E-state index in [1.54, 1.807) is 24.3 Å². The summed E-state index contributed by atoms with van der Waals surface area (Å²) in [5.74, 6) is -0.546. The first-order chi connectivity index (χ1) is 14.5. The second-order valence-corrected chi connectivity index (χ2v) is 6.93. The number of carbonyl (C=O) groups is 2. The van der Waals surface area contributed by atoms with Gasteiger partial charge in [-0.15, -0.1) is 0 Å². The molecular weight excluding hydrogens is 412 g/mol. The van der Waals surface area contributed by atoms with Crippen LogP contribution < -0.4 is 25.9 Å². The van der Waals surface area contributed by atoms with Crippen molar-refractivity contribution in [3.05, 3.63) is 63.0 Å². The van der Waals surface area contributed by atoms with Gasteiger partial charge in [-0.2, -0.15) is 5.10 Å². The van der Waals surface area contributed by atoms with Crippen LogP contribution in [-0.4, -0.2) is 28.4 Å². The van der Waals surface area contributed by atoms with E-state index in [1.165, 1.54) is 16.8 Å². The molecule has 3 aromatic rings. The number of nitrogens with one attached hydrogen (secondary N) is 2. The van der Waals surface area contributed by atoms with Gasteiger partial charge in [-0.3, -0.25) is 25.2 Å². The fourth-order valence-corrected chi connectivity index (χ4v) is 3.37. The number of hydrazine groups is 1. The lowest BCUT2D eigenvalue weighted by atomic mass is 10.1. The van der Waals surface area contributed by atoms with Crippen LogP contribution in [0.2, 0.25) is 5.02 Å². The summed E-state index contributed by atoms with van der Waals surface area (Å²) >= 11 is 6.09. The molecule has 0 bridgehead atoms. The highest BCUT2D eigenvalue weighted by atomic mass is 35.5. The first-order valence-corrected chi connectivity index (χ1v) is 9.57. The molecule has 4 rings (SSSR count). The highest BCUT2D eigenvalue weighted by molar-refractivity contribution is 6.32. The number of aryl methyl sites for hydroxylation is 1. The Balaban J connectivity index is 1.58. The molecule has 1 aromatic heterocycles. The van der Waals surface area contributed by atoms with Gasteiger partial charge < -0.3 is 9.47 Å². The van der Waals surface area contributed by atoms with Gasteiger partial charge >= 0.3 is 0 Å². The van der Waals surface area contributed by atoms with Crippen LogP contribution >= 0.6 is 11.6 Å². The zero-order valence-electron chi connectivity index (χ0n) is 15.9. The number of hydrogen-bond acceptors (Lipinski definition) is 6. The van der Waals surface area contributed by atoms with Crippen LogP contribution in [0.3, 0.4) is 0 Å². The number of carbonyl (C=O) groups excluding carboxylic acids is 2. The smallest absolute Gasteiger partial charge is 0.290 e. The zero-order valence-corrected chi connectivity index (χ0v) is 16.7.